The lowest BCUT2D eigenvalue weighted by Gasteiger charge is -2.17. The van der Waals surface area contributed by atoms with E-state index in [1.165, 1.54) is 0 Å². The van der Waals surface area contributed by atoms with E-state index in [0.717, 1.165) is 24.2 Å². The number of halogens is 1. The van der Waals surface area contributed by atoms with Gasteiger partial charge >= 0.3 is 5.97 Å². The van der Waals surface area contributed by atoms with Crippen molar-refractivity contribution in [2.24, 2.45) is 0 Å². The maximum absolute atomic E-state index is 11.1. The van der Waals surface area contributed by atoms with Crippen molar-refractivity contribution in [2.75, 3.05) is 0 Å². The molecule has 0 unspecified atom stereocenters. The molecule has 1 N–H and O–H groups in total. The van der Waals surface area contributed by atoms with E-state index in [4.69, 9.17) is 16.7 Å². The van der Waals surface area contributed by atoms with Crippen LogP contribution >= 0.6 is 11.6 Å². The number of carboxylic acid groups (broad SMARTS) is 1. The van der Waals surface area contributed by atoms with E-state index < -0.39 is 5.97 Å². The topological polar surface area (TPSA) is 67.5 Å². The number of aliphatic carboxylic acids is 1. The molecule has 0 radical (unpaired) electrons. The van der Waals surface area contributed by atoms with Crippen LogP contribution in [0.4, 0.5) is 0 Å². The van der Waals surface area contributed by atoms with Gasteiger partial charge in [0.25, 0.3) is 0 Å². The maximum atomic E-state index is 11.1. The molecular weight excluding hydrogens is 290 g/mol. The average Bonchev–Trinajstić information content (AvgIpc) is 2.71. The molecule has 0 saturated heterocycles. The third-order valence-electron chi connectivity index (χ3n) is 3.90. The summed E-state index contributed by atoms with van der Waals surface area (Å²) >= 11 is 6.45. The Kier molecular flexibility index (Phi) is 4.52. The number of carbonyl (C=O) groups is 1. The zero-order valence-electron chi connectivity index (χ0n) is 12.8. The Balaban J connectivity index is 2.79. The molecule has 0 aliphatic rings. The van der Waals surface area contributed by atoms with Gasteiger partial charge in [0.2, 0.25) is 0 Å². The van der Waals surface area contributed by atoms with Gasteiger partial charge in [-0.3, -0.25) is 4.79 Å². The molecule has 5 nitrogen and oxygen atoms in total. The van der Waals surface area contributed by atoms with Crippen LogP contribution < -0.4 is 0 Å². The lowest BCUT2D eigenvalue weighted by molar-refractivity contribution is -0.136. The van der Waals surface area contributed by atoms with Gasteiger partial charge in [-0.1, -0.05) is 25.4 Å². The van der Waals surface area contributed by atoms with E-state index in [-0.39, 0.29) is 12.3 Å². The van der Waals surface area contributed by atoms with Crippen molar-refractivity contribution in [3.63, 3.8) is 0 Å². The molecule has 2 aromatic rings. The van der Waals surface area contributed by atoms with Crippen LogP contribution in [0.1, 0.15) is 55.3 Å². The third kappa shape index (κ3) is 2.75. The summed E-state index contributed by atoms with van der Waals surface area (Å²) in [6, 6.07) is 0. The fraction of sp³-hybridized carbons (Fsp3) is 0.533. The number of hydrogen-bond donors (Lipinski definition) is 1. The predicted octanol–water partition coefficient (Wildman–Crippen LogP) is 3.53. The summed E-state index contributed by atoms with van der Waals surface area (Å²) in [5.74, 6) is -0.606. The Morgan fingerprint density at radius 1 is 1.29 bits per heavy atom. The van der Waals surface area contributed by atoms with E-state index in [1.54, 1.807) is 4.52 Å². The van der Waals surface area contributed by atoms with Crippen molar-refractivity contribution in [2.45, 2.75) is 52.9 Å². The van der Waals surface area contributed by atoms with Gasteiger partial charge in [-0.2, -0.15) is 5.10 Å². The summed E-state index contributed by atoms with van der Waals surface area (Å²) in [6.45, 7) is 7.88. The predicted molar refractivity (Wildman–Crippen MR) is 82.1 cm³/mol. The van der Waals surface area contributed by atoms with Crippen molar-refractivity contribution >= 4 is 23.2 Å². The molecule has 0 bridgehead atoms. The number of fused-ring (bicyclic) bond motifs is 1. The lowest BCUT2D eigenvalue weighted by Crippen LogP contribution is -2.09. The molecule has 0 aliphatic carbocycles. The Morgan fingerprint density at radius 3 is 2.43 bits per heavy atom. The van der Waals surface area contributed by atoms with Crippen LogP contribution in [0.3, 0.4) is 0 Å². The first kappa shape index (κ1) is 15.8. The Bertz CT molecular complexity index is 690. The molecule has 114 valence electrons. The van der Waals surface area contributed by atoms with Gasteiger partial charge in [0.15, 0.2) is 5.65 Å². The Labute approximate surface area is 129 Å². The molecule has 0 fully saturated rings. The van der Waals surface area contributed by atoms with E-state index in [2.05, 4.69) is 23.9 Å². The first-order valence-corrected chi connectivity index (χ1v) is 7.54. The number of carboxylic acids is 1. The summed E-state index contributed by atoms with van der Waals surface area (Å²) in [5, 5.41) is 14.2. The zero-order valence-corrected chi connectivity index (χ0v) is 13.5. The first-order chi connectivity index (χ1) is 9.90. The van der Waals surface area contributed by atoms with Gasteiger partial charge in [0.1, 0.15) is 0 Å². The molecule has 2 heterocycles. The molecular formula is C15H20ClN3O2. The quantitative estimate of drug-likeness (QED) is 0.917. The molecule has 21 heavy (non-hydrogen) atoms. The van der Waals surface area contributed by atoms with Gasteiger partial charge in [-0.15, -0.1) is 0 Å². The number of hydrogen-bond acceptors (Lipinski definition) is 3. The minimum absolute atomic E-state index is 0.0776. The Hall–Kier alpha value is -1.62. The van der Waals surface area contributed by atoms with Crippen LogP contribution in [0.25, 0.3) is 5.65 Å². The van der Waals surface area contributed by atoms with Gasteiger partial charge < -0.3 is 5.11 Å². The van der Waals surface area contributed by atoms with Crippen LogP contribution in [-0.2, 0) is 11.2 Å². The second-order valence-electron chi connectivity index (χ2n) is 5.28. The van der Waals surface area contributed by atoms with Crippen LogP contribution in [0.5, 0.6) is 0 Å². The van der Waals surface area contributed by atoms with Gasteiger partial charge in [-0.05, 0) is 26.7 Å². The highest BCUT2D eigenvalue weighted by molar-refractivity contribution is 6.31. The van der Waals surface area contributed by atoms with Gasteiger partial charge in [0, 0.05) is 11.5 Å². The monoisotopic (exact) mass is 309 g/mol. The van der Waals surface area contributed by atoms with Crippen LogP contribution in [0, 0.1) is 13.8 Å². The van der Waals surface area contributed by atoms with Crippen LogP contribution in [0.15, 0.2) is 0 Å². The molecule has 2 aromatic heterocycles. The van der Waals surface area contributed by atoms with Crippen molar-refractivity contribution in [3.05, 3.63) is 27.7 Å². The fourth-order valence-corrected chi connectivity index (χ4v) is 2.98. The normalized spacial score (nSPS) is 11.5. The summed E-state index contributed by atoms with van der Waals surface area (Å²) in [6.07, 6.45) is 1.82. The first-order valence-electron chi connectivity index (χ1n) is 7.16. The Morgan fingerprint density at radius 2 is 1.90 bits per heavy atom. The zero-order chi connectivity index (χ0) is 15.7. The number of nitrogens with zero attached hydrogens (tertiary/aromatic N) is 3. The van der Waals surface area contributed by atoms with Crippen molar-refractivity contribution in [1.29, 1.82) is 0 Å². The largest absolute Gasteiger partial charge is 0.481 e. The standard InChI is InChI=1S/C15H20ClN3O2/c1-5-10(6-2)14-13(16)9(4)17-15-11(7-12(20)21)8(3)18-19(14)15/h10H,5-7H2,1-4H3,(H,20,21). The summed E-state index contributed by atoms with van der Waals surface area (Å²) in [7, 11) is 0. The smallest absolute Gasteiger partial charge is 0.308 e. The molecule has 0 spiro atoms. The van der Waals surface area contributed by atoms with Gasteiger partial charge in [-0.25, -0.2) is 9.50 Å². The van der Waals surface area contributed by atoms with Crippen molar-refractivity contribution in [1.82, 2.24) is 14.6 Å². The summed E-state index contributed by atoms with van der Waals surface area (Å²) < 4.78 is 1.74. The molecule has 2 rings (SSSR count). The SMILES string of the molecule is CCC(CC)c1c(Cl)c(C)nc2c(CC(=O)O)c(C)nn12. The second kappa shape index (κ2) is 6.02. The van der Waals surface area contributed by atoms with Gasteiger partial charge in [0.05, 0.1) is 28.5 Å². The minimum Gasteiger partial charge on any atom is -0.481 e. The molecule has 6 heteroatoms. The summed E-state index contributed by atoms with van der Waals surface area (Å²) in [5.41, 5.74) is 3.62. The maximum Gasteiger partial charge on any atom is 0.308 e. The second-order valence-corrected chi connectivity index (χ2v) is 5.66. The highest BCUT2D eigenvalue weighted by Crippen LogP contribution is 2.32. The molecule has 0 amide bonds. The van der Waals surface area contributed by atoms with Crippen molar-refractivity contribution < 1.29 is 9.90 Å². The lowest BCUT2D eigenvalue weighted by atomic mass is 9.98. The van der Waals surface area contributed by atoms with E-state index >= 15 is 0 Å². The molecule has 0 atom stereocenters. The number of aryl methyl sites for hydroxylation is 2. The highest BCUT2D eigenvalue weighted by atomic mass is 35.5. The van der Waals surface area contributed by atoms with E-state index in [1.807, 2.05) is 13.8 Å². The van der Waals surface area contributed by atoms with Crippen LogP contribution in [-0.4, -0.2) is 25.7 Å². The fourth-order valence-electron chi connectivity index (χ4n) is 2.70. The van der Waals surface area contributed by atoms with Crippen molar-refractivity contribution in [3.8, 4) is 0 Å². The average molecular weight is 310 g/mol. The summed E-state index contributed by atoms with van der Waals surface area (Å²) in [4.78, 5) is 15.5. The van der Waals surface area contributed by atoms with E-state index in [9.17, 15) is 4.79 Å². The minimum atomic E-state index is -0.883. The number of aromatic nitrogens is 3. The number of rotatable bonds is 5. The highest BCUT2D eigenvalue weighted by Gasteiger charge is 2.23. The third-order valence-corrected chi connectivity index (χ3v) is 4.37. The van der Waals surface area contributed by atoms with E-state index in [0.29, 0.717) is 21.9 Å². The molecule has 0 saturated carbocycles. The van der Waals surface area contributed by atoms with Crippen LogP contribution in [0.2, 0.25) is 5.02 Å². The molecule has 0 aromatic carbocycles. The molecule has 0 aliphatic heterocycles.